The van der Waals surface area contributed by atoms with Crippen molar-refractivity contribution >= 4 is 50.7 Å². The molecule has 0 radical (unpaired) electrons. The van der Waals surface area contributed by atoms with Crippen LogP contribution in [0.2, 0.25) is 10.0 Å². The van der Waals surface area contributed by atoms with E-state index in [0.717, 1.165) is 23.4 Å². The van der Waals surface area contributed by atoms with Gasteiger partial charge in [-0.05, 0) is 42.7 Å². The van der Waals surface area contributed by atoms with Crippen LogP contribution in [0.3, 0.4) is 0 Å². The minimum atomic E-state index is -3.87. The molecule has 0 bridgehead atoms. The largest absolute Gasteiger partial charge is 0.495 e. The number of hydrogen-bond acceptors (Lipinski definition) is 5. The molecule has 2 rings (SSSR count). The SMILES string of the molecule is CCCCNC(=O)C(CC)N(Cc1ccc(Cl)c(Cl)c1)C(=O)CN(c1ccccc1OC)S(C)(=O)=O. The van der Waals surface area contributed by atoms with Gasteiger partial charge in [0.2, 0.25) is 21.8 Å². The fourth-order valence-electron chi connectivity index (χ4n) is 3.69. The number of carbonyl (C=O) groups is 2. The molecule has 36 heavy (non-hydrogen) atoms. The fraction of sp³-hybridized carbons (Fsp3) is 0.440. The Hall–Kier alpha value is -2.49. The van der Waals surface area contributed by atoms with Crippen molar-refractivity contribution in [2.45, 2.75) is 45.7 Å². The van der Waals surface area contributed by atoms with Crippen LogP contribution in [0.5, 0.6) is 5.75 Å². The topological polar surface area (TPSA) is 96.0 Å². The minimum Gasteiger partial charge on any atom is -0.495 e. The number of para-hydroxylation sites is 2. The van der Waals surface area contributed by atoms with Gasteiger partial charge in [0, 0.05) is 13.1 Å². The lowest BCUT2D eigenvalue weighted by Gasteiger charge is -2.33. The van der Waals surface area contributed by atoms with Crippen molar-refractivity contribution in [1.82, 2.24) is 10.2 Å². The number of hydrogen-bond donors (Lipinski definition) is 1. The van der Waals surface area contributed by atoms with E-state index >= 15 is 0 Å². The number of carbonyl (C=O) groups excluding carboxylic acids is 2. The zero-order chi connectivity index (χ0) is 26.9. The van der Waals surface area contributed by atoms with Crippen molar-refractivity contribution < 1.29 is 22.7 Å². The summed E-state index contributed by atoms with van der Waals surface area (Å²) in [6.07, 6.45) is 3.06. The lowest BCUT2D eigenvalue weighted by Crippen LogP contribution is -2.52. The molecule has 2 aromatic rings. The first-order chi connectivity index (χ1) is 17.0. The van der Waals surface area contributed by atoms with E-state index in [-0.39, 0.29) is 18.1 Å². The van der Waals surface area contributed by atoms with Crippen molar-refractivity contribution in [3.05, 3.63) is 58.1 Å². The zero-order valence-corrected chi connectivity index (χ0v) is 23.3. The van der Waals surface area contributed by atoms with E-state index in [1.807, 2.05) is 6.92 Å². The van der Waals surface area contributed by atoms with Crippen LogP contribution in [0, 0.1) is 0 Å². The Morgan fingerprint density at radius 1 is 1.08 bits per heavy atom. The van der Waals surface area contributed by atoms with Crippen LogP contribution in [0.15, 0.2) is 42.5 Å². The van der Waals surface area contributed by atoms with Crippen molar-refractivity contribution in [2.24, 2.45) is 0 Å². The van der Waals surface area contributed by atoms with E-state index < -0.39 is 28.5 Å². The van der Waals surface area contributed by atoms with Crippen molar-refractivity contribution in [2.75, 3.05) is 30.8 Å². The molecule has 8 nitrogen and oxygen atoms in total. The second kappa shape index (κ2) is 13.7. The number of amides is 2. The van der Waals surface area contributed by atoms with Gasteiger partial charge >= 0.3 is 0 Å². The van der Waals surface area contributed by atoms with Crippen molar-refractivity contribution in [1.29, 1.82) is 0 Å². The van der Waals surface area contributed by atoms with Crippen LogP contribution in [0.1, 0.15) is 38.7 Å². The molecule has 1 unspecified atom stereocenters. The van der Waals surface area contributed by atoms with Gasteiger partial charge in [-0.25, -0.2) is 8.42 Å². The molecule has 1 atom stereocenters. The summed E-state index contributed by atoms with van der Waals surface area (Å²) in [5.41, 5.74) is 0.881. The number of methoxy groups -OCH3 is 1. The molecular formula is C25H33Cl2N3O5S. The second-order valence-corrected chi connectivity index (χ2v) is 11.0. The van der Waals surface area contributed by atoms with Gasteiger partial charge in [-0.3, -0.25) is 13.9 Å². The summed E-state index contributed by atoms with van der Waals surface area (Å²) < 4.78 is 31.8. The number of unbranched alkanes of at least 4 members (excludes halogenated alkanes) is 1. The number of nitrogens with zero attached hydrogens (tertiary/aromatic N) is 2. The molecule has 0 aliphatic heterocycles. The third-order valence-corrected chi connectivity index (χ3v) is 7.45. The quantitative estimate of drug-likeness (QED) is 0.366. The van der Waals surface area contributed by atoms with Crippen molar-refractivity contribution in [3.8, 4) is 5.75 Å². The highest BCUT2D eigenvalue weighted by atomic mass is 35.5. The third-order valence-electron chi connectivity index (χ3n) is 5.59. The Morgan fingerprint density at radius 3 is 2.36 bits per heavy atom. The summed E-state index contributed by atoms with van der Waals surface area (Å²) in [5, 5.41) is 3.55. The predicted octanol–water partition coefficient (Wildman–Crippen LogP) is 4.49. The van der Waals surface area contributed by atoms with Crippen LogP contribution < -0.4 is 14.4 Å². The number of rotatable bonds is 13. The highest BCUT2D eigenvalue weighted by molar-refractivity contribution is 7.92. The normalized spacial score (nSPS) is 12.1. The van der Waals surface area contributed by atoms with Crippen LogP contribution in [0.25, 0.3) is 0 Å². The number of benzene rings is 2. The highest BCUT2D eigenvalue weighted by Gasteiger charge is 2.32. The van der Waals surface area contributed by atoms with Gasteiger partial charge in [0.15, 0.2) is 0 Å². The van der Waals surface area contributed by atoms with Crippen LogP contribution >= 0.6 is 23.2 Å². The summed E-state index contributed by atoms with van der Waals surface area (Å²) in [6.45, 7) is 3.82. The van der Waals surface area contributed by atoms with Gasteiger partial charge in [0.1, 0.15) is 18.3 Å². The van der Waals surface area contributed by atoms with Gasteiger partial charge in [0.05, 0.1) is 29.1 Å². The number of anilines is 1. The first-order valence-electron chi connectivity index (χ1n) is 11.6. The second-order valence-electron chi connectivity index (χ2n) is 8.28. The first kappa shape index (κ1) is 29.7. The molecule has 0 spiro atoms. The summed E-state index contributed by atoms with van der Waals surface area (Å²) >= 11 is 12.2. The maximum atomic E-state index is 13.7. The number of nitrogens with one attached hydrogen (secondary N) is 1. The molecule has 2 aromatic carbocycles. The van der Waals surface area contributed by atoms with Crippen LogP contribution in [-0.4, -0.2) is 57.6 Å². The molecule has 0 heterocycles. The molecule has 0 saturated carbocycles. The molecule has 198 valence electrons. The number of halogens is 2. The summed E-state index contributed by atoms with van der Waals surface area (Å²) in [6, 6.07) is 10.7. The summed E-state index contributed by atoms with van der Waals surface area (Å²) in [4.78, 5) is 28.1. The monoisotopic (exact) mass is 557 g/mol. The molecule has 0 saturated heterocycles. The maximum absolute atomic E-state index is 13.7. The number of ether oxygens (including phenoxy) is 1. The van der Waals surface area contributed by atoms with Gasteiger partial charge in [0.25, 0.3) is 0 Å². The molecule has 0 aliphatic rings. The molecule has 0 fully saturated rings. The van der Waals surface area contributed by atoms with Crippen LogP contribution in [-0.2, 0) is 26.2 Å². The molecule has 1 N–H and O–H groups in total. The lowest BCUT2D eigenvalue weighted by molar-refractivity contribution is -0.140. The summed E-state index contributed by atoms with van der Waals surface area (Å²) in [7, 11) is -2.45. The summed E-state index contributed by atoms with van der Waals surface area (Å²) in [5.74, 6) is -0.548. The van der Waals surface area contributed by atoms with Gasteiger partial charge in [-0.2, -0.15) is 0 Å². The Bertz CT molecular complexity index is 1160. The lowest BCUT2D eigenvalue weighted by atomic mass is 10.1. The van der Waals surface area contributed by atoms with E-state index in [2.05, 4.69) is 5.32 Å². The van der Waals surface area contributed by atoms with Gasteiger partial charge in [-0.15, -0.1) is 0 Å². The standard InChI is InChI=1S/C25H33Cl2N3O5S/c1-5-7-14-28-25(32)21(6-2)29(16-18-12-13-19(26)20(27)15-18)24(31)17-30(36(4,33)34)22-10-8-9-11-23(22)35-3/h8-13,15,21H,5-7,14,16-17H2,1-4H3,(H,28,32). The minimum absolute atomic E-state index is 0.0406. The molecule has 2 amide bonds. The van der Waals surface area contributed by atoms with E-state index in [1.165, 1.54) is 12.0 Å². The van der Waals surface area contributed by atoms with Gasteiger partial charge < -0.3 is 15.0 Å². The van der Waals surface area contributed by atoms with E-state index in [1.54, 1.807) is 49.4 Å². The number of sulfonamides is 1. The third kappa shape index (κ3) is 8.01. The van der Waals surface area contributed by atoms with E-state index in [9.17, 15) is 18.0 Å². The smallest absolute Gasteiger partial charge is 0.244 e. The Kier molecular flexibility index (Phi) is 11.3. The fourth-order valence-corrected chi connectivity index (χ4v) is 4.86. The maximum Gasteiger partial charge on any atom is 0.244 e. The average Bonchev–Trinajstić information content (AvgIpc) is 2.83. The molecule has 0 aliphatic carbocycles. The predicted molar refractivity (Wildman–Crippen MR) is 144 cm³/mol. The molecular weight excluding hydrogens is 525 g/mol. The highest BCUT2D eigenvalue weighted by Crippen LogP contribution is 2.30. The first-order valence-corrected chi connectivity index (χ1v) is 14.3. The Morgan fingerprint density at radius 2 is 1.78 bits per heavy atom. The van der Waals surface area contributed by atoms with Crippen molar-refractivity contribution in [3.63, 3.8) is 0 Å². The average molecular weight is 559 g/mol. The zero-order valence-electron chi connectivity index (χ0n) is 21.0. The van der Waals surface area contributed by atoms with Crippen LogP contribution in [0.4, 0.5) is 5.69 Å². The Labute approximate surface area is 223 Å². The molecule has 11 heteroatoms. The van der Waals surface area contributed by atoms with Gasteiger partial charge in [-0.1, -0.05) is 61.7 Å². The van der Waals surface area contributed by atoms with E-state index in [0.29, 0.717) is 34.3 Å². The Balaban J connectivity index is 2.46. The molecule has 0 aromatic heterocycles. The van der Waals surface area contributed by atoms with E-state index in [4.69, 9.17) is 27.9 Å².